The molecule has 5 nitrogen and oxygen atoms in total. The van der Waals surface area contributed by atoms with Crippen LogP contribution in [-0.2, 0) is 6.54 Å². The highest BCUT2D eigenvalue weighted by atomic mass is 15.3. The lowest BCUT2D eigenvalue weighted by molar-refractivity contribution is -0.648. The van der Waals surface area contributed by atoms with Gasteiger partial charge in [-0.2, -0.15) is 0 Å². The van der Waals surface area contributed by atoms with Crippen LogP contribution in [0, 0.1) is 0 Å². The van der Waals surface area contributed by atoms with Gasteiger partial charge in [-0.3, -0.25) is 0 Å². The molecule has 0 N–H and O–H groups in total. The van der Waals surface area contributed by atoms with E-state index >= 15 is 0 Å². The molecule has 1 aliphatic heterocycles. The van der Waals surface area contributed by atoms with Gasteiger partial charge >= 0.3 is 0 Å². The highest BCUT2D eigenvalue weighted by Gasteiger charge is 2.36. The molecule has 1 aromatic carbocycles. The van der Waals surface area contributed by atoms with Crippen LogP contribution < -0.4 is 4.57 Å². The van der Waals surface area contributed by atoms with E-state index in [2.05, 4.69) is 61.7 Å². The first-order valence-corrected chi connectivity index (χ1v) is 8.32. The largest absolute Gasteiger partial charge is 0.293 e. The minimum atomic E-state index is 0.817. The van der Waals surface area contributed by atoms with Crippen molar-refractivity contribution in [2.45, 2.75) is 6.54 Å². The van der Waals surface area contributed by atoms with Gasteiger partial charge in [-0.05, 0) is 30.3 Å². The third kappa shape index (κ3) is 1.59. The molecule has 4 aromatic heterocycles. The van der Waals surface area contributed by atoms with Gasteiger partial charge in [-0.25, -0.2) is 14.1 Å². The van der Waals surface area contributed by atoms with Crippen LogP contribution in [0.5, 0.6) is 0 Å². The van der Waals surface area contributed by atoms with E-state index in [0.717, 1.165) is 40.4 Å². The average molecular weight is 324 g/mol. The summed E-state index contributed by atoms with van der Waals surface area (Å²) in [5, 5.41) is 4.58. The maximum Gasteiger partial charge on any atom is 0.293 e. The minimum Gasteiger partial charge on any atom is -0.249 e. The first-order valence-electron chi connectivity index (χ1n) is 8.32. The summed E-state index contributed by atoms with van der Waals surface area (Å²) in [5.41, 5.74) is 6.78. The molecule has 0 saturated carbocycles. The fourth-order valence-corrected chi connectivity index (χ4v) is 3.90. The molecule has 25 heavy (non-hydrogen) atoms. The number of pyridine rings is 1. The third-order valence-electron chi connectivity index (χ3n) is 4.90. The summed E-state index contributed by atoms with van der Waals surface area (Å²) in [4.78, 5) is 4.67. The number of nitrogens with zero attached hydrogens (tertiary/aromatic N) is 5. The molecule has 0 radical (unpaired) electrons. The van der Waals surface area contributed by atoms with Gasteiger partial charge in [0.2, 0.25) is 0 Å². The maximum atomic E-state index is 4.67. The van der Waals surface area contributed by atoms with E-state index in [1.807, 2.05) is 35.1 Å². The van der Waals surface area contributed by atoms with E-state index in [9.17, 15) is 0 Å². The van der Waals surface area contributed by atoms with Gasteiger partial charge in [0.05, 0.1) is 12.7 Å². The summed E-state index contributed by atoms with van der Waals surface area (Å²) in [6.07, 6.45) is 3.70. The molecule has 0 unspecified atom stereocenters. The molecule has 5 aromatic rings. The van der Waals surface area contributed by atoms with Crippen molar-refractivity contribution in [3.05, 3.63) is 78.6 Å². The lowest BCUT2D eigenvalue weighted by Gasteiger charge is -2.02. The Hall–Kier alpha value is -3.47. The normalized spacial score (nSPS) is 12.6. The Balaban J connectivity index is 1.83. The molecule has 5 heterocycles. The topological polar surface area (TPSA) is 39.0 Å². The summed E-state index contributed by atoms with van der Waals surface area (Å²) < 4.78 is 6.63. The van der Waals surface area contributed by atoms with Crippen molar-refractivity contribution < 1.29 is 4.57 Å². The van der Waals surface area contributed by atoms with Gasteiger partial charge in [0, 0.05) is 17.8 Å². The number of benzene rings is 1. The molecule has 1 aliphatic rings. The molecule has 0 aliphatic carbocycles. The zero-order valence-corrected chi connectivity index (χ0v) is 13.4. The maximum absolute atomic E-state index is 4.67. The molecule has 6 rings (SSSR count). The fraction of sp³-hybridized carbons (Fsp3) is 0.0500. The number of imidazole rings is 1. The molecular weight excluding hydrogens is 310 g/mol. The quantitative estimate of drug-likeness (QED) is 0.436. The Morgan fingerprint density at radius 3 is 2.72 bits per heavy atom. The molecule has 0 spiro atoms. The van der Waals surface area contributed by atoms with Crippen molar-refractivity contribution in [2.24, 2.45) is 0 Å². The summed E-state index contributed by atoms with van der Waals surface area (Å²) in [6, 6.07) is 20.9. The Morgan fingerprint density at radius 2 is 1.80 bits per heavy atom. The average Bonchev–Trinajstić information content (AvgIpc) is 3.29. The number of aromatic nitrogens is 5. The van der Waals surface area contributed by atoms with Gasteiger partial charge in [0.15, 0.2) is 5.52 Å². The van der Waals surface area contributed by atoms with Crippen LogP contribution in [0.2, 0.25) is 0 Å². The standard InChI is InChI=1S/C20H14N5/c1-2-7-15(8-3-1)24-17-12-16-9-5-11-22-25(16)19(17)23-13-14-6-4-10-21-18(14)20(23)24/h1-12H,13H2/q+1. The zero-order chi connectivity index (χ0) is 16.4. The van der Waals surface area contributed by atoms with Crippen LogP contribution in [0.1, 0.15) is 5.56 Å². The number of fused-ring (bicyclic) bond motifs is 7. The lowest BCUT2D eigenvalue weighted by Crippen LogP contribution is -2.33. The Morgan fingerprint density at radius 1 is 0.920 bits per heavy atom. The van der Waals surface area contributed by atoms with E-state index in [0.29, 0.717) is 0 Å². The van der Waals surface area contributed by atoms with Crippen LogP contribution >= 0.6 is 0 Å². The van der Waals surface area contributed by atoms with Gasteiger partial charge in [-0.1, -0.05) is 24.3 Å². The van der Waals surface area contributed by atoms with Crippen molar-refractivity contribution in [3.8, 4) is 17.2 Å². The Labute approximate surface area is 143 Å². The third-order valence-corrected chi connectivity index (χ3v) is 4.90. The number of para-hydroxylation sites is 1. The van der Waals surface area contributed by atoms with Crippen molar-refractivity contribution >= 4 is 16.7 Å². The number of hydrogen-bond acceptors (Lipinski definition) is 2. The summed E-state index contributed by atoms with van der Waals surface area (Å²) in [6.45, 7) is 0.817. The van der Waals surface area contributed by atoms with Crippen LogP contribution in [0.15, 0.2) is 73.1 Å². The second-order valence-corrected chi connectivity index (χ2v) is 6.31. The zero-order valence-electron chi connectivity index (χ0n) is 13.4. The molecule has 0 amide bonds. The summed E-state index contributed by atoms with van der Waals surface area (Å²) >= 11 is 0. The van der Waals surface area contributed by atoms with E-state index in [1.54, 1.807) is 0 Å². The molecule has 0 bridgehead atoms. The molecule has 0 atom stereocenters. The SMILES string of the molecule is c1ccc(-n2c3[n+](c4c2cc2cccnn24)Cc2cccnc2-3)cc1. The second kappa shape index (κ2) is 4.54. The predicted octanol–water partition coefficient (Wildman–Crippen LogP) is 2.99. The van der Waals surface area contributed by atoms with Crippen LogP contribution in [0.3, 0.4) is 0 Å². The number of hydrogen-bond donors (Lipinski definition) is 0. The first-order chi connectivity index (χ1) is 12.4. The van der Waals surface area contributed by atoms with E-state index in [4.69, 9.17) is 0 Å². The smallest absolute Gasteiger partial charge is 0.249 e. The van der Waals surface area contributed by atoms with Crippen LogP contribution in [-0.4, -0.2) is 19.2 Å². The van der Waals surface area contributed by atoms with E-state index in [1.165, 1.54) is 5.56 Å². The van der Waals surface area contributed by atoms with Crippen LogP contribution in [0.25, 0.3) is 33.9 Å². The van der Waals surface area contributed by atoms with Crippen LogP contribution in [0.4, 0.5) is 0 Å². The Kier molecular flexibility index (Phi) is 2.34. The number of rotatable bonds is 1. The molecule has 0 fully saturated rings. The fourth-order valence-electron chi connectivity index (χ4n) is 3.90. The molecule has 0 saturated heterocycles. The van der Waals surface area contributed by atoms with E-state index < -0.39 is 0 Å². The first kappa shape index (κ1) is 12.9. The molecule has 118 valence electrons. The second-order valence-electron chi connectivity index (χ2n) is 6.31. The summed E-state index contributed by atoms with van der Waals surface area (Å²) in [7, 11) is 0. The van der Waals surface area contributed by atoms with Gasteiger partial charge in [0.1, 0.15) is 16.9 Å². The molecule has 5 heteroatoms. The van der Waals surface area contributed by atoms with Crippen molar-refractivity contribution in [1.29, 1.82) is 0 Å². The monoisotopic (exact) mass is 324 g/mol. The van der Waals surface area contributed by atoms with E-state index in [-0.39, 0.29) is 0 Å². The highest BCUT2D eigenvalue weighted by molar-refractivity contribution is 5.84. The summed E-state index contributed by atoms with van der Waals surface area (Å²) in [5.74, 6) is 1.12. The highest BCUT2D eigenvalue weighted by Crippen LogP contribution is 2.33. The van der Waals surface area contributed by atoms with Crippen molar-refractivity contribution in [3.63, 3.8) is 0 Å². The minimum absolute atomic E-state index is 0.817. The Bertz CT molecular complexity index is 1260. The lowest BCUT2D eigenvalue weighted by atomic mass is 10.2. The van der Waals surface area contributed by atoms with Crippen molar-refractivity contribution in [1.82, 2.24) is 19.2 Å². The van der Waals surface area contributed by atoms with Gasteiger partial charge in [-0.15, -0.1) is 9.61 Å². The molecular formula is C20H14N5+. The van der Waals surface area contributed by atoms with Gasteiger partial charge in [0.25, 0.3) is 11.5 Å². The van der Waals surface area contributed by atoms with Gasteiger partial charge < -0.3 is 0 Å². The van der Waals surface area contributed by atoms with Crippen molar-refractivity contribution in [2.75, 3.05) is 0 Å². The predicted molar refractivity (Wildman–Crippen MR) is 94.6 cm³/mol.